The van der Waals surface area contributed by atoms with Gasteiger partial charge >= 0.3 is 6.09 Å². The minimum Gasteiger partial charge on any atom is -0.465 e. The third-order valence-electron chi connectivity index (χ3n) is 6.70. The number of hydrogen-bond donors (Lipinski definition) is 2. The molecule has 1 fully saturated rings. The molecule has 3 atom stereocenters. The molecular formula is C23H21F3N2O6S2. The molecule has 0 radical (unpaired) electrons. The zero-order chi connectivity index (χ0) is 26.5. The lowest BCUT2D eigenvalue weighted by Gasteiger charge is -2.40. The van der Waals surface area contributed by atoms with E-state index in [4.69, 9.17) is 0 Å². The van der Waals surface area contributed by atoms with Gasteiger partial charge in [0.1, 0.15) is 23.9 Å². The van der Waals surface area contributed by atoms with Crippen LogP contribution in [-0.4, -0.2) is 50.5 Å². The Bertz CT molecular complexity index is 1510. The third-order valence-corrected chi connectivity index (χ3v) is 11.3. The smallest absolute Gasteiger partial charge is 0.410 e. The zero-order valence-corrected chi connectivity index (χ0v) is 20.4. The molecule has 0 aromatic heterocycles. The molecule has 0 aliphatic carbocycles. The number of halogens is 3. The van der Waals surface area contributed by atoms with Crippen LogP contribution in [0.1, 0.15) is 30.9 Å². The molecule has 2 aliphatic heterocycles. The van der Waals surface area contributed by atoms with Crippen molar-refractivity contribution in [2.45, 2.75) is 40.2 Å². The van der Waals surface area contributed by atoms with Crippen molar-refractivity contribution in [1.82, 2.24) is 5.32 Å². The Morgan fingerprint density at radius 3 is 2.53 bits per heavy atom. The molecule has 8 nitrogen and oxygen atoms in total. The first-order chi connectivity index (χ1) is 16.8. The predicted molar refractivity (Wildman–Crippen MR) is 126 cm³/mol. The molecule has 13 heteroatoms. The molecule has 4 rings (SSSR count). The van der Waals surface area contributed by atoms with Crippen LogP contribution in [0.4, 0.5) is 18.0 Å². The van der Waals surface area contributed by atoms with Crippen LogP contribution in [0, 0.1) is 5.82 Å². The Morgan fingerprint density at radius 2 is 1.92 bits per heavy atom. The first-order valence-corrected chi connectivity index (χ1v) is 13.7. The van der Waals surface area contributed by atoms with E-state index in [0.29, 0.717) is 6.08 Å². The average Bonchev–Trinajstić information content (AvgIpc) is 3.02. The molecule has 36 heavy (non-hydrogen) atoms. The van der Waals surface area contributed by atoms with Crippen molar-refractivity contribution in [1.29, 1.82) is 0 Å². The fraction of sp³-hybridized carbons (Fsp3) is 0.304. The van der Waals surface area contributed by atoms with Gasteiger partial charge in [-0.25, -0.2) is 30.4 Å². The molecule has 0 unspecified atom stereocenters. The molecule has 192 valence electrons. The summed E-state index contributed by atoms with van der Waals surface area (Å²) < 4.78 is 93.6. The highest BCUT2D eigenvalue weighted by Gasteiger charge is 2.66. The number of nitrogens with zero attached hydrogens (tertiary/aromatic N) is 1. The van der Waals surface area contributed by atoms with Gasteiger partial charge in [0.25, 0.3) is 0 Å². The number of benzene rings is 2. The predicted octanol–water partition coefficient (Wildman–Crippen LogP) is 3.75. The number of carbonyl (C=O) groups is 1. The molecule has 2 aliphatic rings. The fourth-order valence-corrected chi connectivity index (χ4v) is 8.51. The molecule has 2 aromatic rings. The van der Waals surface area contributed by atoms with E-state index in [0.717, 1.165) is 18.2 Å². The van der Waals surface area contributed by atoms with Crippen molar-refractivity contribution in [3.05, 3.63) is 70.6 Å². The van der Waals surface area contributed by atoms with E-state index in [1.165, 1.54) is 31.2 Å². The molecule has 0 spiro atoms. The van der Waals surface area contributed by atoms with Crippen molar-refractivity contribution in [2.75, 3.05) is 6.67 Å². The summed E-state index contributed by atoms with van der Waals surface area (Å²) in [6.07, 6.45) is -1.41. The fourth-order valence-electron chi connectivity index (χ4n) is 4.80. The van der Waals surface area contributed by atoms with E-state index in [-0.39, 0.29) is 28.9 Å². The molecule has 2 N–H and O–H groups in total. The van der Waals surface area contributed by atoms with Crippen LogP contribution in [0.15, 0.2) is 63.6 Å². The number of fused-ring (bicyclic) bond motifs is 2. The lowest BCUT2D eigenvalue weighted by molar-refractivity contribution is 0.199. The molecule has 1 saturated heterocycles. The maximum absolute atomic E-state index is 15.1. The van der Waals surface area contributed by atoms with E-state index in [1.807, 2.05) is 5.32 Å². The van der Waals surface area contributed by atoms with Crippen LogP contribution in [0.5, 0.6) is 0 Å². The minimum atomic E-state index is -4.50. The van der Waals surface area contributed by atoms with Crippen molar-refractivity contribution < 1.29 is 39.9 Å². The first-order valence-electron chi connectivity index (χ1n) is 10.7. The summed E-state index contributed by atoms with van der Waals surface area (Å²) in [5.41, 5.74) is -2.35. The van der Waals surface area contributed by atoms with Crippen molar-refractivity contribution in [2.24, 2.45) is 4.99 Å². The minimum absolute atomic E-state index is 0.106. The van der Waals surface area contributed by atoms with Crippen LogP contribution in [0.2, 0.25) is 0 Å². The van der Waals surface area contributed by atoms with Crippen molar-refractivity contribution in [3.8, 4) is 0 Å². The van der Waals surface area contributed by atoms with E-state index in [2.05, 4.69) is 4.99 Å². The SMILES string of the molecule is C[C@]1(c2cc(/C=C(\F)S(=O)(=O)c3ccccc3)ccc2F)N=C(NC(=O)O)[C@@]2(CF)CC[C@@H]1S2(=O)=O. The van der Waals surface area contributed by atoms with Gasteiger partial charge in [-0.3, -0.25) is 10.3 Å². The van der Waals surface area contributed by atoms with Crippen LogP contribution in [0.3, 0.4) is 0 Å². The largest absolute Gasteiger partial charge is 0.465 e. The lowest BCUT2D eigenvalue weighted by Crippen LogP contribution is -2.60. The number of sulfone groups is 2. The number of aliphatic imine (C=N–C) groups is 1. The number of amidine groups is 1. The number of amides is 1. The Kier molecular flexibility index (Phi) is 6.28. The second-order valence-electron chi connectivity index (χ2n) is 8.74. The maximum Gasteiger partial charge on any atom is 0.410 e. The van der Waals surface area contributed by atoms with Gasteiger partial charge in [0.05, 0.1) is 10.1 Å². The summed E-state index contributed by atoms with van der Waals surface area (Å²) in [6.45, 7) is -0.163. The van der Waals surface area contributed by atoms with Gasteiger partial charge in [0.2, 0.25) is 15.0 Å². The van der Waals surface area contributed by atoms with Gasteiger partial charge in [-0.2, -0.15) is 4.39 Å². The van der Waals surface area contributed by atoms with E-state index in [1.54, 1.807) is 6.07 Å². The number of alkyl halides is 1. The number of hydrogen-bond acceptors (Lipinski definition) is 6. The summed E-state index contributed by atoms with van der Waals surface area (Å²) in [4.78, 5) is 15.2. The van der Waals surface area contributed by atoms with Gasteiger partial charge in [-0.1, -0.05) is 24.3 Å². The van der Waals surface area contributed by atoms with E-state index in [9.17, 15) is 35.5 Å². The van der Waals surface area contributed by atoms with Gasteiger partial charge < -0.3 is 5.11 Å². The van der Waals surface area contributed by atoms with Gasteiger partial charge in [0.15, 0.2) is 14.6 Å². The first kappa shape index (κ1) is 25.9. The van der Waals surface area contributed by atoms with E-state index >= 15 is 4.39 Å². The van der Waals surface area contributed by atoms with Crippen molar-refractivity contribution >= 4 is 37.7 Å². The Balaban J connectivity index is 1.86. The average molecular weight is 543 g/mol. The lowest BCUT2D eigenvalue weighted by atomic mass is 9.86. The normalized spacial score (nSPS) is 27.4. The van der Waals surface area contributed by atoms with Crippen LogP contribution < -0.4 is 5.32 Å². The standard InChI is InChI=1S/C23H21F3N2O6S2/c1-22(18-9-10-23(13-24,36(18,33)34)20(28-22)27-21(29)30)16-11-14(7-8-17(16)25)12-19(26)35(31,32)15-5-3-2-4-6-15/h2-8,11-12,18H,9-10,13H2,1H3,(H,27,28)(H,29,30)/b19-12+/t18-,22+,23-/m0/s1. The third kappa shape index (κ3) is 3.81. The van der Waals surface area contributed by atoms with Gasteiger partial charge in [-0.05, 0) is 55.7 Å². The highest BCUT2D eigenvalue weighted by molar-refractivity contribution is 7.95. The summed E-state index contributed by atoms with van der Waals surface area (Å²) in [5, 5.41) is 8.13. The Morgan fingerprint density at radius 1 is 1.25 bits per heavy atom. The molecule has 2 heterocycles. The molecular weight excluding hydrogens is 521 g/mol. The number of carboxylic acid groups (broad SMARTS) is 1. The molecule has 2 bridgehead atoms. The van der Waals surface area contributed by atoms with Crippen LogP contribution in [0.25, 0.3) is 6.08 Å². The summed E-state index contributed by atoms with van der Waals surface area (Å²) >= 11 is 0. The molecule has 1 amide bonds. The quantitative estimate of drug-likeness (QED) is 0.592. The second kappa shape index (κ2) is 8.73. The second-order valence-corrected chi connectivity index (χ2v) is 13.1. The van der Waals surface area contributed by atoms with Crippen LogP contribution >= 0.6 is 0 Å². The Hall–Kier alpha value is -3.19. The summed E-state index contributed by atoms with van der Waals surface area (Å²) in [7, 11) is -8.89. The monoisotopic (exact) mass is 542 g/mol. The highest BCUT2D eigenvalue weighted by atomic mass is 32.2. The molecule has 2 aromatic carbocycles. The van der Waals surface area contributed by atoms with Crippen LogP contribution in [-0.2, 0) is 25.2 Å². The Labute approximate surface area is 205 Å². The number of nitrogens with one attached hydrogen (secondary N) is 1. The molecule has 0 saturated carbocycles. The topological polar surface area (TPSA) is 130 Å². The highest BCUT2D eigenvalue weighted by Crippen LogP contribution is 2.52. The van der Waals surface area contributed by atoms with Gasteiger partial charge in [0, 0.05) is 5.56 Å². The summed E-state index contributed by atoms with van der Waals surface area (Å²) in [6, 6.07) is 9.84. The van der Waals surface area contributed by atoms with Gasteiger partial charge in [-0.15, -0.1) is 0 Å². The van der Waals surface area contributed by atoms with E-state index < -0.39 is 64.8 Å². The van der Waals surface area contributed by atoms with Crippen molar-refractivity contribution in [3.63, 3.8) is 0 Å². The maximum atomic E-state index is 15.1. The number of rotatable bonds is 5. The summed E-state index contributed by atoms with van der Waals surface area (Å²) in [5.74, 6) is -1.60. The zero-order valence-electron chi connectivity index (χ0n) is 18.8.